The van der Waals surface area contributed by atoms with Crippen LogP contribution in [0.15, 0.2) is 50.9 Å². The summed E-state index contributed by atoms with van der Waals surface area (Å²) in [6.45, 7) is 7.57. The van der Waals surface area contributed by atoms with Gasteiger partial charge in [-0.05, 0) is 36.6 Å². The van der Waals surface area contributed by atoms with Crippen molar-refractivity contribution in [3.63, 3.8) is 0 Å². The van der Waals surface area contributed by atoms with Crippen molar-refractivity contribution in [2.75, 3.05) is 33.2 Å². The predicted octanol–water partition coefficient (Wildman–Crippen LogP) is 3.93. The van der Waals surface area contributed by atoms with Gasteiger partial charge in [0, 0.05) is 57.0 Å². The number of allylic oxidation sites excluding steroid dienone is 3. The number of piperazine rings is 1. The Morgan fingerprint density at radius 2 is 2.03 bits per heavy atom. The van der Waals surface area contributed by atoms with Gasteiger partial charge in [-0.1, -0.05) is 25.5 Å². The summed E-state index contributed by atoms with van der Waals surface area (Å²) in [5, 5.41) is 23.1. The first-order valence-electron chi connectivity index (χ1n) is 10.5. The van der Waals surface area contributed by atoms with E-state index in [2.05, 4.69) is 32.3 Å². The van der Waals surface area contributed by atoms with Crippen molar-refractivity contribution in [3.05, 3.63) is 46.8 Å². The van der Waals surface area contributed by atoms with E-state index >= 15 is 0 Å². The molecule has 0 amide bonds. The minimum atomic E-state index is -0.266. The Kier molecular flexibility index (Phi) is 7.52. The molecule has 0 atom stereocenters. The van der Waals surface area contributed by atoms with Crippen LogP contribution in [0.2, 0.25) is 0 Å². The van der Waals surface area contributed by atoms with Gasteiger partial charge in [-0.15, -0.1) is 10.2 Å². The third-order valence-corrected chi connectivity index (χ3v) is 5.38. The second-order valence-corrected chi connectivity index (χ2v) is 7.36. The SMILES string of the molecule is CCC1=CC(c2ccc(/C(C=NC)=C(\F)CC)cc2O)=NN=C(N2CCNCC2)C1. The van der Waals surface area contributed by atoms with Gasteiger partial charge < -0.3 is 15.3 Å². The number of phenols is 1. The van der Waals surface area contributed by atoms with E-state index in [1.807, 2.05) is 6.08 Å². The van der Waals surface area contributed by atoms with E-state index in [1.54, 1.807) is 32.2 Å². The van der Waals surface area contributed by atoms with Crippen molar-refractivity contribution in [2.45, 2.75) is 33.1 Å². The molecule has 7 heteroatoms. The van der Waals surface area contributed by atoms with Crippen molar-refractivity contribution in [1.29, 1.82) is 0 Å². The number of aromatic hydroxyl groups is 1. The van der Waals surface area contributed by atoms with Gasteiger partial charge in [0.05, 0.1) is 5.71 Å². The molecular weight excluding hydrogens is 381 g/mol. The number of hydrogen-bond acceptors (Lipinski definition) is 6. The van der Waals surface area contributed by atoms with Crippen LogP contribution in [0.25, 0.3) is 5.57 Å². The number of benzene rings is 1. The highest BCUT2D eigenvalue weighted by molar-refractivity contribution is 6.14. The number of amidine groups is 1. The molecule has 2 aliphatic heterocycles. The first-order chi connectivity index (χ1) is 14.6. The zero-order valence-electron chi connectivity index (χ0n) is 18.0. The summed E-state index contributed by atoms with van der Waals surface area (Å²) in [5.74, 6) is 0.743. The van der Waals surface area contributed by atoms with Crippen molar-refractivity contribution < 1.29 is 9.50 Å². The largest absolute Gasteiger partial charge is 0.507 e. The van der Waals surface area contributed by atoms with Crippen LogP contribution < -0.4 is 5.32 Å². The van der Waals surface area contributed by atoms with E-state index < -0.39 is 0 Å². The molecule has 0 aliphatic carbocycles. The summed E-state index contributed by atoms with van der Waals surface area (Å²) < 4.78 is 14.3. The van der Waals surface area contributed by atoms with Crippen LogP contribution in [-0.4, -0.2) is 61.0 Å². The Labute approximate surface area is 177 Å². The lowest BCUT2D eigenvalue weighted by Crippen LogP contribution is -2.46. The summed E-state index contributed by atoms with van der Waals surface area (Å²) >= 11 is 0. The number of nitrogens with one attached hydrogen (secondary N) is 1. The van der Waals surface area contributed by atoms with Crippen molar-refractivity contribution in [2.24, 2.45) is 15.2 Å². The Hall–Kier alpha value is -2.80. The number of halogens is 1. The van der Waals surface area contributed by atoms with Gasteiger partial charge in [0.1, 0.15) is 17.4 Å². The molecule has 0 spiro atoms. The van der Waals surface area contributed by atoms with Gasteiger partial charge in [0.15, 0.2) is 0 Å². The van der Waals surface area contributed by atoms with E-state index in [0.717, 1.165) is 44.9 Å². The average molecular weight is 412 g/mol. The van der Waals surface area contributed by atoms with Crippen LogP contribution in [0.3, 0.4) is 0 Å². The molecule has 2 N–H and O–H groups in total. The number of hydrogen-bond donors (Lipinski definition) is 2. The molecule has 30 heavy (non-hydrogen) atoms. The second-order valence-electron chi connectivity index (χ2n) is 7.36. The molecule has 1 aromatic rings. The van der Waals surface area contributed by atoms with Crippen molar-refractivity contribution in [1.82, 2.24) is 10.2 Å². The molecule has 1 saturated heterocycles. The van der Waals surface area contributed by atoms with E-state index in [-0.39, 0.29) is 18.0 Å². The topological polar surface area (TPSA) is 72.6 Å². The molecule has 1 aromatic carbocycles. The quantitative estimate of drug-likeness (QED) is 0.721. The fourth-order valence-electron chi connectivity index (χ4n) is 3.62. The fraction of sp³-hybridized carbons (Fsp3) is 0.435. The molecule has 160 valence electrons. The van der Waals surface area contributed by atoms with Crippen LogP contribution in [0, 0.1) is 0 Å². The van der Waals surface area contributed by atoms with Crippen molar-refractivity contribution in [3.8, 4) is 5.75 Å². The normalized spacial score (nSPS) is 18.5. The lowest BCUT2D eigenvalue weighted by atomic mass is 9.98. The second kappa shape index (κ2) is 10.3. The van der Waals surface area contributed by atoms with Crippen LogP contribution in [0.5, 0.6) is 5.75 Å². The highest BCUT2D eigenvalue weighted by Crippen LogP contribution is 2.28. The van der Waals surface area contributed by atoms with Crippen LogP contribution in [0.1, 0.15) is 44.2 Å². The smallest absolute Gasteiger partial charge is 0.131 e. The van der Waals surface area contributed by atoms with Gasteiger partial charge in [-0.2, -0.15) is 0 Å². The third-order valence-electron chi connectivity index (χ3n) is 5.38. The summed E-state index contributed by atoms with van der Waals surface area (Å²) in [6.07, 6.45) is 5.39. The minimum Gasteiger partial charge on any atom is -0.507 e. The maximum atomic E-state index is 14.3. The Morgan fingerprint density at radius 3 is 2.67 bits per heavy atom. The molecule has 0 bridgehead atoms. The number of nitrogens with zero attached hydrogens (tertiary/aromatic N) is 4. The molecule has 0 aromatic heterocycles. The summed E-state index contributed by atoms with van der Waals surface area (Å²) in [6, 6.07) is 5.12. The van der Waals surface area contributed by atoms with Gasteiger partial charge in [0.25, 0.3) is 0 Å². The Bertz CT molecular complexity index is 924. The Morgan fingerprint density at radius 1 is 1.27 bits per heavy atom. The highest BCUT2D eigenvalue weighted by Gasteiger charge is 2.19. The predicted molar refractivity (Wildman–Crippen MR) is 122 cm³/mol. The molecule has 0 radical (unpaired) electrons. The maximum Gasteiger partial charge on any atom is 0.131 e. The molecule has 6 nitrogen and oxygen atoms in total. The minimum absolute atomic E-state index is 0.0460. The van der Waals surface area contributed by atoms with Crippen LogP contribution in [-0.2, 0) is 0 Å². The number of aliphatic imine (C=N–C) groups is 1. The monoisotopic (exact) mass is 411 g/mol. The zero-order chi connectivity index (χ0) is 21.5. The van der Waals surface area contributed by atoms with E-state index in [9.17, 15) is 9.50 Å². The third kappa shape index (κ3) is 5.02. The average Bonchev–Trinajstić information content (AvgIpc) is 3.00. The zero-order valence-corrected chi connectivity index (χ0v) is 18.0. The first kappa shape index (κ1) is 21.9. The molecule has 1 fully saturated rings. The fourth-order valence-corrected chi connectivity index (χ4v) is 3.62. The molecule has 0 saturated carbocycles. The number of rotatable bonds is 5. The first-order valence-corrected chi connectivity index (χ1v) is 10.5. The van der Waals surface area contributed by atoms with E-state index in [0.29, 0.717) is 22.4 Å². The summed E-state index contributed by atoms with van der Waals surface area (Å²) in [7, 11) is 1.60. The molecule has 3 rings (SSSR count). The maximum absolute atomic E-state index is 14.3. The van der Waals surface area contributed by atoms with Gasteiger partial charge in [0.2, 0.25) is 0 Å². The van der Waals surface area contributed by atoms with Crippen molar-refractivity contribution >= 4 is 23.3 Å². The Balaban J connectivity index is 1.97. The molecular formula is C23H30FN5O. The lowest BCUT2D eigenvalue weighted by molar-refractivity contribution is 0.352. The molecule has 0 unspecified atom stereocenters. The van der Waals surface area contributed by atoms with Gasteiger partial charge in [-0.3, -0.25) is 4.99 Å². The standard InChI is InChI=1S/C23H30FN5O/c1-4-16-12-21(27-28-23(13-16)29-10-8-26-9-11-29)18-7-6-17(14-22(18)30)19(15-25-3)20(24)5-2/h6-7,12,14-15,26,30H,4-5,8-11,13H2,1-3H3/b20-19-,25-15?. The van der Waals surface area contributed by atoms with Crippen LogP contribution >= 0.6 is 0 Å². The molecule has 2 aliphatic rings. The van der Waals surface area contributed by atoms with Gasteiger partial charge >= 0.3 is 0 Å². The van der Waals surface area contributed by atoms with E-state index in [1.165, 1.54) is 11.8 Å². The van der Waals surface area contributed by atoms with Gasteiger partial charge in [-0.25, -0.2) is 4.39 Å². The molecule has 2 heterocycles. The summed E-state index contributed by atoms with van der Waals surface area (Å²) in [4.78, 5) is 6.21. The highest BCUT2D eigenvalue weighted by atomic mass is 19.1. The van der Waals surface area contributed by atoms with Crippen LogP contribution in [0.4, 0.5) is 4.39 Å². The number of phenolic OH excluding ortho intramolecular Hbond substituents is 1. The lowest BCUT2D eigenvalue weighted by Gasteiger charge is -2.29. The summed E-state index contributed by atoms with van der Waals surface area (Å²) in [5.41, 5.74) is 3.38. The van der Waals surface area contributed by atoms with E-state index in [4.69, 9.17) is 0 Å².